The van der Waals surface area contributed by atoms with Crippen LogP contribution in [0.4, 0.5) is 5.69 Å². The van der Waals surface area contributed by atoms with Gasteiger partial charge in [0.25, 0.3) is 5.91 Å². The molecule has 2 amide bonds. The van der Waals surface area contributed by atoms with Crippen molar-refractivity contribution < 1.29 is 9.59 Å². The first-order valence-corrected chi connectivity index (χ1v) is 10.6. The molecule has 0 aliphatic carbocycles. The predicted octanol–water partition coefficient (Wildman–Crippen LogP) is 3.41. The van der Waals surface area contributed by atoms with Crippen LogP contribution >= 0.6 is 23.4 Å². The molecule has 2 aliphatic heterocycles. The molecule has 29 heavy (non-hydrogen) atoms. The molecule has 0 saturated heterocycles. The Bertz CT molecular complexity index is 1020. The van der Waals surface area contributed by atoms with Crippen molar-refractivity contribution in [1.82, 2.24) is 10.2 Å². The molecule has 0 spiro atoms. The number of rotatable bonds is 5. The quantitative estimate of drug-likeness (QED) is 0.795. The summed E-state index contributed by atoms with van der Waals surface area (Å²) in [7, 11) is 0. The van der Waals surface area contributed by atoms with Gasteiger partial charge in [0.05, 0.1) is 11.4 Å². The molecular weight excluding hydrogens is 408 g/mol. The van der Waals surface area contributed by atoms with Gasteiger partial charge in [0, 0.05) is 17.1 Å². The van der Waals surface area contributed by atoms with Crippen molar-refractivity contribution in [3.63, 3.8) is 0 Å². The lowest BCUT2D eigenvalue weighted by Gasteiger charge is -2.29. The maximum absolute atomic E-state index is 12.3. The number of hydrogen-bond acceptors (Lipinski definition) is 5. The number of carbonyl (C=O) groups is 2. The lowest BCUT2D eigenvalue weighted by atomic mass is 10.1. The molecule has 4 rings (SSSR count). The van der Waals surface area contributed by atoms with E-state index in [-0.39, 0.29) is 17.6 Å². The van der Waals surface area contributed by atoms with Gasteiger partial charge in [-0.05, 0) is 43.2 Å². The number of amidine groups is 2. The Morgan fingerprint density at radius 2 is 1.93 bits per heavy atom. The van der Waals surface area contributed by atoms with Crippen molar-refractivity contribution in [2.45, 2.75) is 19.4 Å². The minimum absolute atomic E-state index is 0.0813. The molecular formula is C21H19ClN4O2S. The van der Waals surface area contributed by atoms with Crippen molar-refractivity contribution in [2.75, 3.05) is 12.3 Å². The first-order valence-electron chi connectivity index (χ1n) is 9.27. The molecule has 2 aromatic carbocycles. The van der Waals surface area contributed by atoms with Gasteiger partial charge in [-0.2, -0.15) is 4.99 Å². The van der Waals surface area contributed by atoms with Gasteiger partial charge < -0.3 is 5.32 Å². The standard InChI is InChI=1S/C21H19ClN4O2S/c1-13-20(28)25-19-16-4-2-3-5-17(16)24-21(26(13)19)29-12-18(27)23-11-10-14-6-8-15(22)9-7-14/h2-9,13H,10-12H2,1H3,(H,23,27). The number of carbonyl (C=O) groups excluding carboxylic acids is 2. The number of halogens is 1. The van der Waals surface area contributed by atoms with Gasteiger partial charge in [0.2, 0.25) is 5.91 Å². The third-order valence-electron chi connectivity index (χ3n) is 4.74. The molecule has 0 bridgehead atoms. The highest BCUT2D eigenvalue weighted by molar-refractivity contribution is 8.14. The van der Waals surface area contributed by atoms with E-state index in [1.165, 1.54) is 11.8 Å². The second-order valence-corrected chi connectivity index (χ2v) is 8.13. The molecule has 1 N–H and O–H groups in total. The Morgan fingerprint density at radius 1 is 1.17 bits per heavy atom. The monoisotopic (exact) mass is 426 g/mol. The number of benzene rings is 2. The van der Waals surface area contributed by atoms with Crippen molar-refractivity contribution >= 4 is 51.9 Å². The van der Waals surface area contributed by atoms with Crippen LogP contribution < -0.4 is 5.32 Å². The van der Waals surface area contributed by atoms with Gasteiger partial charge in [0.15, 0.2) is 5.17 Å². The summed E-state index contributed by atoms with van der Waals surface area (Å²) in [6.45, 7) is 2.34. The van der Waals surface area contributed by atoms with Crippen LogP contribution in [0.25, 0.3) is 0 Å². The van der Waals surface area contributed by atoms with E-state index < -0.39 is 6.04 Å². The van der Waals surface area contributed by atoms with E-state index in [1.54, 1.807) is 6.92 Å². The Hall–Kier alpha value is -2.64. The van der Waals surface area contributed by atoms with Gasteiger partial charge in [-0.15, -0.1) is 0 Å². The van der Waals surface area contributed by atoms with Crippen LogP contribution in [0.1, 0.15) is 18.1 Å². The zero-order valence-corrected chi connectivity index (χ0v) is 17.3. The van der Waals surface area contributed by atoms with E-state index >= 15 is 0 Å². The average molecular weight is 427 g/mol. The number of aliphatic imine (C=N–C) groups is 2. The number of nitrogens with one attached hydrogen (secondary N) is 1. The second-order valence-electron chi connectivity index (χ2n) is 6.75. The lowest BCUT2D eigenvalue weighted by Crippen LogP contribution is -2.42. The smallest absolute Gasteiger partial charge is 0.270 e. The molecule has 148 valence electrons. The first-order chi connectivity index (χ1) is 14.0. The summed E-state index contributed by atoms with van der Waals surface area (Å²) in [5.41, 5.74) is 2.71. The van der Waals surface area contributed by atoms with Gasteiger partial charge in [-0.3, -0.25) is 14.5 Å². The third kappa shape index (κ3) is 4.21. The van der Waals surface area contributed by atoms with Crippen molar-refractivity contribution in [3.05, 3.63) is 64.7 Å². The third-order valence-corrected chi connectivity index (χ3v) is 5.94. The van der Waals surface area contributed by atoms with Crippen LogP contribution in [0.3, 0.4) is 0 Å². The molecule has 0 radical (unpaired) electrons. The van der Waals surface area contributed by atoms with E-state index in [9.17, 15) is 9.59 Å². The summed E-state index contributed by atoms with van der Waals surface area (Å²) in [6, 6.07) is 14.7. The van der Waals surface area contributed by atoms with Gasteiger partial charge >= 0.3 is 0 Å². The van der Waals surface area contributed by atoms with Crippen LogP contribution in [-0.2, 0) is 16.0 Å². The summed E-state index contributed by atoms with van der Waals surface area (Å²) in [5, 5.41) is 4.24. The zero-order valence-electron chi connectivity index (χ0n) is 15.8. The molecule has 8 heteroatoms. The molecule has 1 unspecified atom stereocenters. The predicted molar refractivity (Wildman–Crippen MR) is 117 cm³/mol. The van der Waals surface area contributed by atoms with E-state index in [4.69, 9.17) is 11.6 Å². The normalized spacial score (nSPS) is 17.4. The summed E-state index contributed by atoms with van der Waals surface area (Å²) < 4.78 is 0. The Labute approximate surface area is 178 Å². The summed E-state index contributed by atoms with van der Waals surface area (Å²) in [5.74, 6) is 0.546. The molecule has 0 aromatic heterocycles. The van der Waals surface area contributed by atoms with Crippen LogP contribution in [-0.4, -0.2) is 46.1 Å². The zero-order chi connectivity index (χ0) is 20.4. The average Bonchev–Trinajstić information content (AvgIpc) is 3.03. The highest BCUT2D eigenvalue weighted by Gasteiger charge is 2.39. The number of hydrogen-bond donors (Lipinski definition) is 1. The van der Waals surface area contributed by atoms with Crippen molar-refractivity contribution in [1.29, 1.82) is 0 Å². The number of fused-ring (bicyclic) bond motifs is 3. The fourth-order valence-electron chi connectivity index (χ4n) is 3.19. The molecule has 0 fully saturated rings. The van der Waals surface area contributed by atoms with Crippen LogP contribution in [0.15, 0.2) is 58.5 Å². The van der Waals surface area contributed by atoms with Crippen molar-refractivity contribution in [3.8, 4) is 0 Å². The molecule has 0 saturated carbocycles. The number of para-hydroxylation sites is 1. The van der Waals surface area contributed by atoms with Crippen LogP contribution in [0, 0.1) is 0 Å². The number of thioether (sulfide) groups is 1. The molecule has 1 atom stereocenters. The van der Waals surface area contributed by atoms with Crippen molar-refractivity contribution in [2.24, 2.45) is 9.98 Å². The van der Waals surface area contributed by atoms with Crippen LogP contribution in [0.2, 0.25) is 5.02 Å². The Kier molecular flexibility index (Phi) is 5.69. The fraction of sp³-hybridized carbons (Fsp3) is 0.238. The maximum atomic E-state index is 12.3. The highest BCUT2D eigenvalue weighted by Crippen LogP contribution is 2.33. The van der Waals surface area contributed by atoms with E-state index in [0.717, 1.165) is 23.2 Å². The largest absolute Gasteiger partial charge is 0.355 e. The Balaban J connectivity index is 1.38. The second kappa shape index (κ2) is 8.39. The minimum Gasteiger partial charge on any atom is -0.355 e. The highest BCUT2D eigenvalue weighted by atomic mass is 35.5. The fourth-order valence-corrected chi connectivity index (χ4v) is 4.22. The van der Waals surface area contributed by atoms with E-state index in [2.05, 4.69) is 15.3 Å². The SMILES string of the molecule is CC1C(=O)N=C2c3ccccc3N=C(SCC(=O)NCCc3ccc(Cl)cc3)N21. The van der Waals surface area contributed by atoms with Gasteiger partial charge in [-0.1, -0.05) is 47.6 Å². The first kappa shape index (κ1) is 19.7. The van der Waals surface area contributed by atoms with Crippen LogP contribution in [0.5, 0.6) is 0 Å². The van der Waals surface area contributed by atoms with Gasteiger partial charge in [-0.25, -0.2) is 4.99 Å². The topological polar surface area (TPSA) is 74.1 Å². The van der Waals surface area contributed by atoms with E-state index in [1.807, 2.05) is 53.4 Å². The summed E-state index contributed by atoms with van der Waals surface area (Å²) >= 11 is 7.20. The molecule has 2 aromatic rings. The Morgan fingerprint density at radius 3 is 2.72 bits per heavy atom. The van der Waals surface area contributed by atoms with E-state index in [0.29, 0.717) is 22.6 Å². The maximum Gasteiger partial charge on any atom is 0.270 e. The number of nitrogens with zero attached hydrogens (tertiary/aromatic N) is 3. The summed E-state index contributed by atoms with van der Waals surface area (Å²) in [6.07, 6.45) is 0.733. The summed E-state index contributed by atoms with van der Waals surface area (Å²) in [4.78, 5) is 35.1. The number of amides is 2. The molecule has 2 aliphatic rings. The molecule has 2 heterocycles. The molecule has 6 nitrogen and oxygen atoms in total. The minimum atomic E-state index is -0.419. The van der Waals surface area contributed by atoms with Gasteiger partial charge in [0.1, 0.15) is 11.9 Å². The lowest BCUT2D eigenvalue weighted by molar-refractivity contribution is -0.119.